The molecule has 1 N–H and O–H groups in total. The van der Waals surface area contributed by atoms with E-state index in [4.69, 9.17) is 11.6 Å². The van der Waals surface area contributed by atoms with Gasteiger partial charge in [0, 0.05) is 23.2 Å². The molecule has 3 aromatic rings. The molecule has 0 unspecified atom stereocenters. The Bertz CT molecular complexity index is 1070. The molecule has 1 aromatic heterocycles. The van der Waals surface area contributed by atoms with Crippen LogP contribution in [0.4, 0.5) is 0 Å². The van der Waals surface area contributed by atoms with Crippen molar-refractivity contribution in [2.75, 3.05) is 12.0 Å². The summed E-state index contributed by atoms with van der Waals surface area (Å²) in [5, 5.41) is 9.85. The lowest BCUT2D eigenvalue weighted by molar-refractivity contribution is -0.134. The first kappa shape index (κ1) is 20.4. The van der Waals surface area contributed by atoms with E-state index in [0.29, 0.717) is 10.2 Å². The van der Waals surface area contributed by atoms with E-state index in [9.17, 15) is 4.79 Å². The number of hydrogen-bond acceptors (Lipinski definition) is 5. The summed E-state index contributed by atoms with van der Waals surface area (Å²) in [4.78, 5) is 15.7. The lowest BCUT2D eigenvalue weighted by Gasteiger charge is -2.39. The maximum Gasteiger partial charge on any atom is 0.238 e. The van der Waals surface area contributed by atoms with E-state index in [1.165, 1.54) is 18.2 Å². The highest BCUT2D eigenvalue weighted by Crippen LogP contribution is 2.40. The minimum atomic E-state index is -0.331. The molecule has 1 fully saturated rings. The molecule has 3 heterocycles. The number of thioether (sulfide) groups is 1. The fourth-order valence-electron chi connectivity index (χ4n) is 4.33. The van der Waals surface area contributed by atoms with Gasteiger partial charge in [0.1, 0.15) is 5.25 Å². The number of nitrogens with zero attached hydrogens (tertiary/aromatic N) is 4. The van der Waals surface area contributed by atoms with Crippen LogP contribution in [0.1, 0.15) is 37.8 Å². The van der Waals surface area contributed by atoms with E-state index in [1.807, 2.05) is 64.2 Å². The van der Waals surface area contributed by atoms with Crippen molar-refractivity contribution >= 4 is 29.3 Å². The number of hydrogen-bond donors (Lipinski definition) is 1. The van der Waals surface area contributed by atoms with Gasteiger partial charge in [0.2, 0.25) is 11.1 Å². The molecule has 0 saturated carbocycles. The predicted octanol–water partition coefficient (Wildman–Crippen LogP) is 4.76. The lowest BCUT2D eigenvalue weighted by atomic mass is 9.99. The molecule has 0 bridgehead atoms. The monoisotopic (exact) mass is 453 g/mol. The summed E-state index contributed by atoms with van der Waals surface area (Å²) in [5.41, 5.74) is 5.53. The molecule has 160 valence electrons. The van der Waals surface area contributed by atoms with Gasteiger partial charge in [-0.15, -0.1) is 10.2 Å². The van der Waals surface area contributed by atoms with Gasteiger partial charge in [0.25, 0.3) is 0 Å². The molecule has 6 nitrogen and oxygen atoms in total. The van der Waals surface area contributed by atoms with Crippen molar-refractivity contribution in [1.29, 1.82) is 0 Å². The molecule has 2 aliphatic rings. The number of fused-ring (bicyclic) bond motifs is 1. The Kier molecular flexibility index (Phi) is 5.63. The maximum absolute atomic E-state index is 13.7. The zero-order chi connectivity index (χ0) is 21.4. The maximum atomic E-state index is 13.7. The average molecular weight is 454 g/mol. The number of amides is 1. The minimum absolute atomic E-state index is 0.153. The number of likely N-dealkylation sites (tertiary alicyclic amines) is 1. The van der Waals surface area contributed by atoms with E-state index in [0.717, 1.165) is 36.3 Å². The lowest BCUT2D eigenvalue weighted by Crippen LogP contribution is -2.50. The average Bonchev–Trinajstić information content (AvgIpc) is 3.22. The standard InChI is InChI=1S/C23H24ClN5OS/c1-15-7-5-6-14-28(15)22(30)20-19(16-10-12-18(24)13-11-16)27-29-21(25-26-23(29)31-20)17-8-3-2-4-9-17/h2-4,8-13,15,19-20,27H,5-7,14H2,1H3/t15-,19-,20+/m1/s1. The SMILES string of the molecule is C[C@@H]1CCCCN1C(=O)[C@H]1Sc2nnc(-c3ccccc3)n2N[C@@H]1c1ccc(Cl)cc1. The Balaban J connectivity index is 1.53. The molecule has 0 radical (unpaired) electrons. The molecule has 2 aliphatic heterocycles. The zero-order valence-corrected chi connectivity index (χ0v) is 18.8. The Morgan fingerprint density at radius 2 is 1.87 bits per heavy atom. The Morgan fingerprint density at radius 1 is 1.10 bits per heavy atom. The quantitative estimate of drug-likeness (QED) is 0.619. The van der Waals surface area contributed by atoms with Crippen LogP contribution in [0.25, 0.3) is 11.4 Å². The van der Waals surface area contributed by atoms with Gasteiger partial charge < -0.3 is 10.3 Å². The molecule has 5 rings (SSSR count). The second-order valence-electron chi connectivity index (χ2n) is 8.08. The third-order valence-corrected chi connectivity index (χ3v) is 7.48. The summed E-state index contributed by atoms with van der Waals surface area (Å²) in [6.45, 7) is 2.96. The van der Waals surface area contributed by atoms with Crippen molar-refractivity contribution in [3.8, 4) is 11.4 Å². The number of benzene rings is 2. The van der Waals surface area contributed by atoms with Crippen LogP contribution in [0.15, 0.2) is 59.8 Å². The van der Waals surface area contributed by atoms with Crippen molar-refractivity contribution in [3.05, 3.63) is 65.2 Å². The number of carbonyl (C=O) groups is 1. The number of carbonyl (C=O) groups excluding carboxylic acids is 1. The topological polar surface area (TPSA) is 63.1 Å². The molecular formula is C23H24ClN5OS. The van der Waals surface area contributed by atoms with E-state index in [-0.39, 0.29) is 23.2 Å². The van der Waals surface area contributed by atoms with Gasteiger partial charge in [0.05, 0.1) is 6.04 Å². The predicted molar refractivity (Wildman–Crippen MR) is 124 cm³/mol. The molecule has 3 atom stereocenters. The molecule has 8 heteroatoms. The second-order valence-corrected chi connectivity index (χ2v) is 9.63. The Labute approximate surface area is 191 Å². The van der Waals surface area contributed by atoms with Crippen molar-refractivity contribution < 1.29 is 4.79 Å². The van der Waals surface area contributed by atoms with E-state index < -0.39 is 0 Å². The van der Waals surface area contributed by atoms with E-state index in [1.54, 1.807) is 0 Å². The molecule has 1 saturated heterocycles. The fraction of sp³-hybridized carbons (Fsp3) is 0.348. The van der Waals surface area contributed by atoms with Gasteiger partial charge in [-0.3, -0.25) is 4.79 Å². The first-order chi connectivity index (χ1) is 15.1. The minimum Gasteiger partial charge on any atom is -0.339 e. The van der Waals surface area contributed by atoms with Gasteiger partial charge in [-0.25, -0.2) is 4.68 Å². The second kappa shape index (κ2) is 8.55. The summed E-state index contributed by atoms with van der Waals surface area (Å²) in [6.07, 6.45) is 3.29. The van der Waals surface area contributed by atoms with Crippen LogP contribution in [0.3, 0.4) is 0 Å². The van der Waals surface area contributed by atoms with Crippen LogP contribution in [0, 0.1) is 0 Å². The number of halogens is 1. The highest BCUT2D eigenvalue weighted by Gasteiger charge is 2.41. The largest absolute Gasteiger partial charge is 0.339 e. The van der Waals surface area contributed by atoms with Gasteiger partial charge in [-0.05, 0) is 43.9 Å². The van der Waals surface area contributed by atoms with E-state index in [2.05, 4.69) is 22.5 Å². The summed E-state index contributed by atoms with van der Waals surface area (Å²) < 4.78 is 1.91. The highest BCUT2D eigenvalue weighted by molar-refractivity contribution is 8.00. The van der Waals surface area contributed by atoms with Crippen LogP contribution in [-0.4, -0.2) is 43.5 Å². The molecule has 0 aliphatic carbocycles. The summed E-state index contributed by atoms with van der Waals surface area (Å²) in [6, 6.07) is 17.7. The van der Waals surface area contributed by atoms with Crippen LogP contribution in [0.5, 0.6) is 0 Å². The van der Waals surface area contributed by atoms with E-state index >= 15 is 0 Å². The Morgan fingerprint density at radius 3 is 2.61 bits per heavy atom. The first-order valence-corrected chi connectivity index (χ1v) is 11.9. The smallest absolute Gasteiger partial charge is 0.238 e. The molecule has 0 spiro atoms. The fourth-order valence-corrected chi connectivity index (χ4v) is 5.60. The number of aromatic nitrogens is 3. The Hall–Kier alpha value is -2.51. The first-order valence-electron chi connectivity index (χ1n) is 10.6. The van der Waals surface area contributed by atoms with Crippen LogP contribution in [-0.2, 0) is 4.79 Å². The van der Waals surface area contributed by atoms with Crippen molar-refractivity contribution in [2.24, 2.45) is 0 Å². The van der Waals surface area contributed by atoms with Gasteiger partial charge in [-0.1, -0.05) is 65.8 Å². The van der Waals surface area contributed by atoms with Crippen molar-refractivity contribution in [1.82, 2.24) is 19.8 Å². The molecule has 31 heavy (non-hydrogen) atoms. The normalized spacial score (nSPS) is 23.2. The number of nitrogens with one attached hydrogen (secondary N) is 1. The summed E-state index contributed by atoms with van der Waals surface area (Å²) in [7, 11) is 0. The van der Waals surface area contributed by atoms with Crippen molar-refractivity contribution in [2.45, 2.75) is 48.7 Å². The van der Waals surface area contributed by atoms with Crippen LogP contribution >= 0.6 is 23.4 Å². The molecular weight excluding hydrogens is 430 g/mol. The van der Waals surface area contributed by atoms with Crippen molar-refractivity contribution in [3.63, 3.8) is 0 Å². The number of piperidine rings is 1. The van der Waals surface area contributed by atoms with Crippen LogP contribution in [0.2, 0.25) is 5.02 Å². The van der Waals surface area contributed by atoms with Gasteiger partial charge in [0.15, 0.2) is 5.82 Å². The van der Waals surface area contributed by atoms with Gasteiger partial charge in [-0.2, -0.15) is 0 Å². The summed E-state index contributed by atoms with van der Waals surface area (Å²) in [5.74, 6) is 0.888. The highest BCUT2D eigenvalue weighted by atomic mass is 35.5. The van der Waals surface area contributed by atoms with Gasteiger partial charge >= 0.3 is 0 Å². The molecule has 1 amide bonds. The van der Waals surface area contributed by atoms with Crippen LogP contribution < -0.4 is 5.43 Å². The third kappa shape index (κ3) is 3.92. The number of rotatable bonds is 3. The molecule has 2 aromatic carbocycles. The zero-order valence-electron chi connectivity index (χ0n) is 17.2. The summed E-state index contributed by atoms with van der Waals surface area (Å²) >= 11 is 7.62. The third-order valence-electron chi connectivity index (χ3n) is 6.03.